The van der Waals surface area contributed by atoms with Gasteiger partial charge in [-0.2, -0.15) is 0 Å². The van der Waals surface area contributed by atoms with Crippen LogP contribution >= 0.6 is 7.92 Å². The van der Waals surface area contributed by atoms with Gasteiger partial charge in [0.15, 0.2) is 0 Å². The molecule has 0 amide bonds. The Bertz CT molecular complexity index is 2150. The molecule has 0 aliphatic carbocycles. The summed E-state index contributed by atoms with van der Waals surface area (Å²) in [7, 11) is -0.866. The first-order valence-corrected chi connectivity index (χ1v) is 13.8. The van der Waals surface area contributed by atoms with Crippen molar-refractivity contribution in [3.63, 3.8) is 0 Å². The van der Waals surface area contributed by atoms with Crippen LogP contribution in [0.1, 0.15) is 0 Å². The van der Waals surface area contributed by atoms with Gasteiger partial charge in [0.25, 0.3) is 0 Å². The van der Waals surface area contributed by atoms with Crippen LogP contribution in [0.4, 0.5) is 0 Å². The molecule has 0 saturated carbocycles. The van der Waals surface area contributed by atoms with Crippen LogP contribution < -0.4 is 15.9 Å². The normalized spacial score (nSPS) is 12.6. The molecule has 6 heteroatoms. The Morgan fingerprint density at radius 1 is 0.579 bits per heavy atom. The smallest absolute Gasteiger partial charge is 0.146 e. The van der Waals surface area contributed by atoms with Crippen molar-refractivity contribution in [3.05, 3.63) is 122 Å². The summed E-state index contributed by atoms with van der Waals surface area (Å²) in [6, 6.07) is 34.5. The van der Waals surface area contributed by atoms with Crippen molar-refractivity contribution in [2.75, 3.05) is 0 Å². The molecule has 0 aliphatic rings. The van der Waals surface area contributed by atoms with Gasteiger partial charge in [-0.3, -0.25) is 9.38 Å². The Balaban J connectivity index is 1.44. The van der Waals surface area contributed by atoms with Gasteiger partial charge in [-0.1, -0.05) is 60.7 Å². The van der Waals surface area contributed by atoms with E-state index in [1.807, 2.05) is 24.7 Å². The van der Waals surface area contributed by atoms with Crippen molar-refractivity contribution < 1.29 is 0 Å². The van der Waals surface area contributed by atoms with Gasteiger partial charge in [0.05, 0.1) is 22.1 Å². The molecule has 0 N–H and O–H groups in total. The Morgan fingerprint density at radius 3 is 2.24 bits per heavy atom. The summed E-state index contributed by atoms with van der Waals surface area (Å²) in [6.07, 6.45) is 7.29. The van der Waals surface area contributed by atoms with E-state index in [2.05, 4.69) is 110 Å². The van der Waals surface area contributed by atoms with Gasteiger partial charge < -0.3 is 0 Å². The van der Waals surface area contributed by atoms with Crippen molar-refractivity contribution in [1.82, 2.24) is 24.3 Å². The van der Waals surface area contributed by atoms with E-state index < -0.39 is 7.92 Å². The molecular formula is C32H20N5P. The minimum absolute atomic E-state index is 0.866. The Labute approximate surface area is 219 Å². The van der Waals surface area contributed by atoms with Gasteiger partial charge in [-0.05, 0) is 60.3 Å². The lowest BCUT2D eigenvalue weighted by Gasteiger charge is -2.19. The summed E-state index contributed by atoms with van der Waals surface area (Å²) in [6.45, 7) is 0. The van der Waals surface area contributed by atoms with Crippen LogP contribution in [0.3, 0.4) is 0 Å². The summed E-state index contributed by atoms with van der Waals surface area (Å²) in [4.78, 5) is 18.3. The molecular weight excluding hydrogens is 485 g/mol. The molecule has 8 rings (SSSR count). The zero-order valence-corrected chi connectivity index (χ0v) is 21.1. The van der Waals surface area contributed by atoms with Crippen LogP contribution in [0.15, 0.2) is 122 Å². The Hall–Kier alpha value is -4.73. The third-order valence-corrected chi connectivity index (χ3v) is 9.52. The average molecular weight is 506 g/mol. The second kappa shape index (κ2) is 8.41. The number of pyridine rings is 2. The molecule has 178 valence electrons. The highest BCUT2D eigenvalue weighted by Crippen LogP contribution is 2.36. The van der Waals surface area contributed by atoms with E-state index in [4.69, 9.17) is 4.98 Å². The topological polar surface area (TPSA) is 56.0 Å². The maximum Gasteiger partial charge on any atom is 0.146 e. The van der Waals surface area contributed by atoms with E-state index in [1.165, 1.54) is 26.7 Å². The molecule has 4 heterocycles. The number of nitrogens with zero attached hydrogens (tertiary/aromatic N) is 5. The number of imidazole rings is 1. The van der Waals surface area contributed by atoms with Gasteiger partial charge >= 0.3 is 0 Å². The van der Waals surface area contributed by atoms with E-state index in [-0.39, 0.29) is 0 Å². The minimum atomic E-state index is -0.866. The highest BCUT2D eigenvalue weighted by atomic mass is 31.1. The highest BCUT2D eigenvalue weighted by Gasteiger charge is 2.20. The molecule has 38 heavy (non-hydrogen) atoms. The fourth-order valence-electron chi connectivity index (χ4n) is 5.48. The lowest BCUT2D eigenvalue weighted by Crippen LogP contribution is -2.21. The summed E-state index contributed by atoms with van der Waals surface area (Å²) in [5.74, 6) is 0. The highest BCUT2D eigenvalue weighted by molar-refractivity contribution is 7.79. The third-order valence-electron chi connectivity index (χ3n) is 7.15. The monoisotopic (exact) mass is 505 g/mol. The number of fused-ring (bicyclic) bond motifs is 9. The second-order valence-corrected chi connectivity index (χ2v) is 11.5. The SMILES string of the molecule is c1cncc(P(c2ccc3ncncc3c2)c2ccc3nc4c5ccccc5c5ccccc5n4c3c2)c1. The molecule has 5 nitrogen and oxygen atoms in total. The lowest BCUT2D eigenvalue weighted by molar-refractivity contribution is 1.22. The van der Waals surface area contributed by atoms with Gasteiger partial charge in [0, 0.05) is 40.1 Å². The first-order chi connectivity index (χ1) is 18.8. The van der Waals surface area contributed by atoms with Crippen LogP contribution in [-0.4, -0.2) is 24.3 Å². The van der Waals surface area contributed by atoms with Crippen molar-refractivity contribution in [2.45, 2.75) is 0 Å². The number of para-hydroxylation sites is 1. The molecule has 0 saturated heterocycles. The van der Waals surface area contributed by atoms with Crippen molar-refractivity contribution in [2.24, 2.45) is 0 Å². The first kappa shape index (κ1) is 21.4. The quantitative estimate of drug-likeness (QED) is 0.222. The predicted octanol–water partition coefficient (Wildman–Crippen LogP) is 5.89. The fourth-order valence-corrected chi connectivity index (χ4v) is 7.76. The van der Waals surface area contributed by atoms with Gasteiger partial charge in [-0.15, -0.1) is 0 Å². The summed E-state index contributed by atoms with van der Waals surface area (Å²) < 4.78 is 2.32. The van der Waals surface area contributed by atoms with Gasteiger partial charge in [0.1, 0.15) is 12.0 Å². The molecule has 0 spiro atoms. The van der Waals surface area contributed by atoms with E-state index in [0.29, 0.717) is 0 Å². The zero-order chi connectivity index (χ0) is 25.1. The molecule has 1 unspecified atom stereocenters. The number of hydrogen-bond acceptors (Lipinski definition) is 4. The first-order valence-electron chi connectivity index (χ1n) is 12.5. The maximum absolute atomic E-state index is 5.12. The van der Waals surface area contributed by atoms with Crippen molar-refractivity contribution in [1.29, 1.82) is 0 Å². The van der Waals surface area contributed by atoms with Crippen LogP contribution in [0.25, 0.3) is 49.3 Å². The van der Waals surface area contributed by atoms with Gasteiger partial charge in [-0.25, -0.2) is 15.0 Å². The number of benzene rings is 4. The zero-order valence-electron chi connectivity index (χ0n) is 20.2. The molecule has 0 aliphatic heterocycles. The number of hydrogen-bond donors (Lipinski definition) is 0. The standard InChI is InChI=1S/C32H20N5P/c1-2-9-27-25(7-1)26-8-3-4-10-30(26)37-31-17-23(12-14-29(31)36-32(27)37)38(24-6-5-15-33-19-24)22-11-13-28-21(16-22)18-34-20-35-28/h1-20H. The van der Waals surface area contributed by atoms with Crippen LogP contribution in [0, 0.1) is 0 Å². The molecule has 1 atom stereocenters. The van der Waals surface area contributed by atoms with E-state index in [1.54, 1.807) is 6.33 Å². The van der Waals surface area contributed by atoms with E-state index >= 15 is 0 Å². The van der Waals surface area contributed by atoms with Crippen molar-refractivity contribution >= 4 is 73.1 Å². The molecule has 0 radical (unpaired) electrons. The van der Waals surface area contributed by atoms with Crippen LogP contribution in [0.2, 0.25) is 0 Å². The fraction of sp³-hybridized carbons (Fsp3) is 0. The van der Waals surface area contributed by atoms with E-state index in [9.17, 15) is 0 Å². The van der Waals surface area contributed by atoms with Crippen molar-refractivity contribution in [3.8, 4) is 0 Å². The van der Waals surface area contributed by atoms with Crippen LogP contribution in [0.5, 0.6) is 0 Å². The minimum Gasteiger partial charge on any atom is -0.292 e. The Morgan fingerprint density at radius 2 is 1.37 bits per heavy atom. The predicted molar refractivity (Wildman–Crippen MR) is 157 cm³/mol. The largest absolute Gasteiger partial charge is 0.292 e. The van der Waals surface area contributed by atoms with Crippen LogP contribution in [-0.2, 0) is 0 Å². The molecule has 4 aromatic heterocycles. The average Bonchev–Trinajstić information content (AvgIpc) is 3.37. The maximum atomic E-state index is 5.12. The lowest BCUT2D eigenvalue weighted by atomic mass is 10.1. The molecule has 4 aromatic carbocycles. The second-order valence-electron chi connectivity index (χ2n) is 9.32. The summed E-state index contributed by atoms with van der Waals surface area (Å²) in [5, 5.41) is 8.32. The molecule has 0 bridgehead atoms. The number of aromatic nitrogens is 5. The van der Waals surface area contributed by atoms with E-state index in [0.717, 1.165) is 38.5 Å². The number of rotatable bonds is 3. The molecule has 8 aromatic rings. The Kier molecular flexibility index (Phi) is 4.73. The summed E-state index contributed by atoms with van der Waals surface area (Å²) in [5.41, 5.74) is 5.19. The summed E-state index contributed by atoms with van der Waals surface area (Å²) >= 11 is 0. The van der Waals surface area contributed by atoms with Gasteiger partial charge in [0.2, 0.25) is 0 Å². The third kappa shape index (κ3) is 3.22. The molecule has 0 fully saturated rings.